The summed E-state index contributed by atoms with van der Waals surface area (Å²) in [6, 6.07) is 7.29. The molecule has 1 N–H and O–H groups in total. The van der Waals surface area contributed by atoms with Crippen molar-refractivity contribution in [1.82, 2.24) is 9.80 Å². The van der Waals surface area contributed by atoms with Crippen molar-refractivity contribution >= 4 is 27.8 Å². The van der Waals surface area contributed by atoms with Gasteiger partial charge in [0.05, 0.1) is 12.5 Å². The molecule has 1 saturated heterocycles. The Balaban J connectivity index is 2.10. The number of carbonyl (C=O) groups excluding carboxylic acids is 1. The fourth-order valence-electron chi connectivity index (χ4n) is 2.83. The van der Waals surface area contributed by atoms with Crippen LogP contribution in [0.2, 0.25) is 0 Å². The van der Waals surface area contributed by atoms with Crippen molar-refractivity contribution in [2.75, 3.05) is 19.6 Å². The van der Waals surface area contributed by atoms with Crippen molar-refractivity contribution in [2.24, 2.45) is 0 Å². The van der Waals surface area contributed by atoms with Gasteiger partial charge in [0.1, 0.15) is 0 Å². The van der Waals surface area contributed by atoms with Crippen molar-refractivity contribution < 1.29 is 14.7 Å². The first-order valence-corrected chi connectivity index (χ1v) is 8.29. The largest absolute Gasteiger partial charge is 0.481 e. The highest BCUT2D eigenvalue weighted by molar-refractivity contribution is 9.10. The minimum Gasteiger partial charge on any atom is -0.481 e. The van der Waals surface area contributed by atoms with E-state index in [9.17, 15) is 9.59 Å². The summed E-state index contributed by atoms with van der Waals surface area (Å²) in [5.74, 6) is -1.01. The molecule has 1 amide bonds. The Morgan fingerprint density at radius 2 is 2.18 bits per heavy atom. The zero-order valence-electron chi connectivity index (χ0n) is 12.7. The maximum atomic E-state index is 12.6. The standard InChI is InChI=1S/C16H21BrN2O3/c1-2-6-18-7-8-19(16(22)14(18)10-15(20)21)11-12-4-3-5-13(17)9-12/h3-5,9,14H,2,6-8,10-11H2,1H3,(H,20,21). The van der Waals surface area contributed by atoms with Gasteiger partial charge in [0.25, 0.3) is 0 Å². The molecular formula is C16H21BrN2O3. The SMILES string of the molecule is CCCN1CCN(Cc2cccc(Br)c2)C(=O)C1CC(=O)O. The Hall–Kier alpha value is -1.40. The van der Waals surface area contributed by atoms with E-state index in [0.717, 1.165) is 29.5 Å². The van der Waals surface area contributed by atoms with Gasteiger partial charge in [0.2, 0.25) is 5.91 Å². The summed E-state index contributed by atoms with van der Waals surface area (Å²) in [5, 5.41) is 9.08. The first kappa shape index (κ1) is 17.0. The first-order chi connectivity index (χ1) is 10.5. The first-order valence-electron chi connectivity index (χ1n) is 7.50. The third-order valence-corrected chi connectivity index (χ3v) is 4.33. The van der Waals surface area contributed by atoms with Crippen LogP contribution in [0.5, 0.6) is 0 Å². The maximum Gasteiger partial charge on any atom is 0.305 e. The number of amides is 1. The Morgan fingerprint density at radius 1 is 1.41 bits per heavy atom. The minimum absolute atomic E-state index is 0.0814. The highest BCUT2D eigenvalue weighted by Crippen LogP contribution is 2.19. The van der Waals surface area contributed by atoms with Gasteiger partial charge in [-0.1, -0.05) is 35.0 Å². The lowest BCUT2D eigenvalue weighted by atomic mass is 10.1. The van der Waals surface area contributed by atoms with Crippen LogP contribution in [0, 0.1) is 0 Å². The molecule has 0 saturated carbocycles. The summed E-state index contributed by atoms with van der Waals surface area (Å²) in [5.41, 5.74) is 1.04. The smallest absolute Gasteiger partial charge is 0.305 e. The third kappa shape index (κ3) is 4.30. The van der Waals surface area contributed by atoms with E-state index in [0.29, 0.717) is 13.1 Å². The molecule has 0 aliphatic carbocycles. The van der Waals surface area contributed by atoms with Gasteiger partial charge in [-0.2, -0.15) is 0 Å². The molecule has 1 aliphatic rings. The minimum atomic E-state index is -0.927. The third-order valence-electron chi connectivity index (χ3n) is 3.84. The monoisotopic (exact) mass is 368 g/mol. The molecule has 1 aromatic carbocycles. The zero-order chi connectivity index (χ0) is 16.1. The van der Waals surface area contributed by atoms with Gasteiger partial charge in [0, 0.05) is 24.1 Å². The predicted molar refractivity (Wildman–Crippen MR) is 87.5 cm³/mol. The molecule has 0 radical (unpaired) electrons. The van der Waals surface area contributed by atoms with E-state index >= 15 is 0 Å². The Bertz CT molecular complexity index is 550. The fourth-order valence-corrected chi connectivity index (χ4v) is 3.28. The second-order valence-electron chi connectivity index (χ2n) is 5.54. The van der Waals surface area contributed by atoms with Gasteiger partial charge >= 0.3 is 5.97 Å². The summed E-state index contributed by atoms with van der Waals surface area (Å²) in [6.07, 6.45) is 0.781. The number of hydrogen-bond donors (Lipinski definition) is 1. The van der Waals surface area contributed by atoms with Crippen LogP contribution >= 0.6 is 15.9 Å². The van der Waals surface area contributed by atoms with Crippen LogP contribution < -0.4 is 0 Å². The summed E-state index contributed by atoms with van der Waals surface area (Å²) >= 11 is 3.43. The normalized spacial score (nSPS) is 19.5. The van der Waals surface area contributed by atoms with Gasteiger partial charge in [-0.25, -0.2) is 0 Å². The maximum absolute atomic E-state index is 12.6. The molecule has 1 aromatic rings. The van der Waals surface area contributed by atoms with Crippen molar-refractivity contribution in [3.63, 3.8) is 0 Å². The van der Waals surface area contributed by atoms with Crippen LogP contribution in [0.15, 0.2) is 28.7 Å². The van der Waals surface area contributed by atoms with Crippen LogP contribution in [-0.2, 0) is 16.1 Å². The number of benzene rings is 1. The number of nitrogens with zero attached hydrogens (tertiary/aromatic N) is 2. The molecule has 6 heteroatoms. The summed E-state index contributed by atoms with van der Waals surface area (Å²) in [6.45, 7) is 4.69. The molecule has 120 valence electrons. The molecule has 0 spiro atoms. The molecule has 1 aliphatic heterocycles. The van der Waals surface area contributed by atoms with Gasteiger partial charge < -0.3 is 10.0 Å². The molecule has 0 bridgehead atoms. The fraction of sp³-hybridized carbons (Fsp3) is 0.500. The second kappa shape index (κ2) is 7.74. The Kier molecular flexibility index (Phi) is 5.97. The average Bonchev–Trinajstić information content (AvgIpc) is 2.46. The lowest BCUT2D eigenvalue weighted by Gasteiger charge is -2.40. The van der Waals surface area contributed by atoms with Crippen molar-refractivity contribution in [3.8, 4) is 0 Å². The van der Waals surface area contributed by atoms with E-state index in [1.807, 2.05) is 36.1 Å². The number of piperazine rings is 1. The molecule has 1 atom stereocenters. The summed E-state index contributed by atoms with van der Waals surface area (Å²) in [7, 11) is 0. The molecule has 1 heterocycles. The van der Waals surface area contributed by atoms with Crippen molar-refractivity contribution in [1.29, 1.82) is 0 Å². The Morgan fingerprint density at radius 3 is 2.82 bits per heavy atom. The molecule has 1 fully saturated rings. The number of rotatable bonds is 6. The molecule has 0 aromatic heterocycles. The number of halogens is 1. The number of carboxylic acids is 1. The van der Waals surface area contributed by atoms with E-state index in [1.54, 1.807) is 4.90 Å². The number of carboxylic acid groups (broad SMARTS) is 1. The summed E-state index contributed by atoms with van der Waals surface area (Å²) < 4.78 is 0.976. The molecular weight excluding hydrogens is 348 g/mol. The van der Waals surface area contributed by atoms with E-state index in [2.05, 4.69) is 15.9 Å². The van der Waals surface area contributed by atoms with Crippen LogP contribution in [0.25, 0.3) is 0 Å². The second-order valence-corrected chi connectivity index (χ2v) is 6.46. The van der Waals surface area contributed by atoms with Crippen molar-refractivity contribution in [3.05, 3.63) is 34.3 Å². The molecule has 5 nitrogen and oxygen atoms in total. The average molecular weight is 369 g/mol. The van der Waals surface area contributed by atoms with Gasteiger partial charge in [-0.3, -0.25) is 14.5 Å². The van der Waals surface area contributed by atoms with E-state index in [1.165, 1.54) is 0 Å². The lowest BCUT2D eigenvalue weighted by Crippen LogP contribution is -2.57. The number of hydrogen-bond acceptors (Lipinski definition) is 3. The summed E-state index contributed by atoms with van der Waals surface area (Å²) in [4.78, 5) is 27.5. The highest BCUT2D eigenvalue weighted by atomic mass is 79.9. The van der Waals surface area contributed by atoms with E-state index in [-0.39, 0.29) is 12.3 Å². The van der Waals surface area contributed by atoms with Crippen LogP contribution in [-0.4, -0.2) is 52.5 Å². The van der Waals surface area contributed by atoms with Gasteiger partial charge in [0.15, 0.2) is 0 Å². The van der Waals surface area contributed by atoms with E-state index in [4.69, 9.17) is 5.11 Å². The van der Waals surface area contributed by atoms with Crippen LogP contribution in [0.1, 0.15) is 25.3 Å². The number of aliphatic carboxylic acids is 1. The van der Waals surface area contributed by atoms with Crippen molar-refractivity contribution in [2.45, 2.75) is 32.4 Å². The molecule has 2 rings (SSSR count). The van der Waals surface area contributed by atoms with E-state index < -0.39 is 12.0 Å². The lowest BCUT2D eigenvalue weighted by molar-refractivity contribution is -0.149. The quantitative estimate of drug-likeness (QED) is 0.836. The highest BCUT2D eigenvalue weighted by Gasteiger charge is 2.35. The molecule has 22 heavy (non-hydrogen) atoms. The van der Waals surface area contributed by atoms with Crippen LogP contribution in [0.4, 0.5) is 0 Å². The Labute approximate surface area is 139 Å². The predicted octanol–water partition coefficient (Wildman–Crippen LogP) is 2.35. The van der Waals surface area contributed by atoms with Crippen LogP contribution in [0.3, 0.4) is 0 Å². The van der Waals surface area contributed by atoms with Gasteiger partial charge in [-0.05, 0) is 30.7 Å². The van der Waals surface area contributed by atoms with Gasteiger partial charge in [-0.15, -0.1) is 0 Å². The topological polar surface area (TPSA) is 60.9 Å². The zero-order valence-corrected chi connectivity index (χ0v) is 14.3. The molecule has 1 unspecified atom stereocenters. The number of carbonyl (C=O) groups is 2.